The summed E-state index contributed by atoms with van der Waals surface area (Å²) in [6.07, 6.45) is 12.8. The van der Waals surface area contributed by atoms with Crippen LogP contribution in [0.1, 0.15) is 69.4 Å². The molecule has 29 heavy (non-hydrogen) atoms. The maximum absolute atomic E-state index is 15.1. The third-order valence-corrected chi connectivity index (χ3v) is 6.98. The van der Waals surface area contributed by atoms with Crippen molar-refractivity contribution in [1.82, 2.24) is 0 Å². The maximum Gasteiger partial charge on any atom is 0.159 e. The van der Waals surface area contributed by atoms with Crippen molar-refractivity contribution in [2.75, 3.05) is 0 Å². The lowest BCUT2D eigenvalue weighted by Crippen LogP contribution is -2.14. The first kappa shape index (κ1) is 20.3. The van der Waals surface area contributed by atoms with Crippen molar-refractivity contribution in [3.8, 4) is 11.1 Å². The van der Waals surface area contributed by atoms with Crippen molar-refractivity contribution in [2.45, 2.75) is 64.7 Å². The van der Waals surface area contributed by atoms with E-state index in [1.165, 1.54) is 50.2 Å². The summed E-state index contributed by atoms with van der Waals surface area (Å²) in [4.78, 5) is 0. The van der Waals surface area contributed by atoms with Crippen LogP contribution < -0.4 is 0 Å². The molecular formula is C26H29F3. The number of rotatable bonds is 5. The summed E-state index contributed by atoms with van der Waals surface area (Å²) in [5, 5.41) is 0. The van der Waals surface area contributed by atoms with E-state index in [0.717, 1.165) is 42.4 Å². The fourth-order valence-corrected chi connectivity index (χ4v) is 5.00. The van der Waals surface area contributed by atoms with Crippen molar-refractivity contribution in [3.63, 3.8) is 0 Å². The molecule has 0 bridgehead atoms. The number of hydrogen-bond acceptors (Lipinski definition) is 0. The summed E-state index contributed by atoms with van der Waals surface area (Å²) in [5.74, 6) is -0.397. The van der Waals surface area contributed by atoms with Crippen LogP contribution in [0.15, 0.2) is 35.9 Å². The molecule has 2 aromatic carbocycles. The molecule has 1 saturated carbocycles. The van der Waals surface area contributed by atoms with E-state index >= 15 is 4.39 Å². The van der Waals surface area contributed by atoms with Gasteiger partial charge in [-0.1, -0.05) is 68.9 Å². The second-order valence-corrected chi connectivity index (χ2v) is 8.76. The molecule has 2 aliphatic carbocycles. The molecule has 1 fully saturated rings. The Morgan fingerprint density at radius 2 is 1.62 bits per heavy atom. The smallest absolute Gasteiger partial charge is 0.159 e. The van der Waals surface area contributed by atoms with Crippen LogP contribution in [-0.2, 0) is 6.42 Å². The first-order chi connectivity index (χ1) is 14.0. The Morgan fingerprint density at radius 1 is 0.862 bits per heavy atom. The number of hydrogen-bond donors (Lipinski definition) is 0. The molecule has 2 aromatic rings. The van der Waals surface area contributed by atoms with Crippen LogP contribution in [-0.4, -0.2) is 0 Å². The third-order valence-electron chi connectivity index (χ3n) is 6.98. The summed E-state index contributed by atoms with van der Waals surface area (Å²) in [5.41, 5.74) is 3.76. The van der Waals surface area contributed by atoms with Gasteiger partial charge in [0.05, 0.1) is 0 Å². The van der Waals surface area contributed by atoms with Crippen LogP contribution in [0, 0.1) is 29.3 Å². The van der Waals surface area contributed by atoms with Crippen LogP contribution in [0.5, 0.6) is 0 Å². The Kier molecular flexibility index (Phi) is 6.12. The normalized spacial score (nSPS) is 21.6. The van der Waals surface area contributed by atoms with Gasteiger partial charge in [0, 0.05) is 5.56 Å². The zero-order valence-corrected chi connectivity index (χ0v) is 17.1. The Labute approximate surface area is 171 Å². The van der Waals surface area contributed by atoms with E-state index < -0.39 is 11.6 Å². The lowest BCUT2D eigenvalue weighted by atomic mass is 9.78. The lowest BCUT2D eigenvalue weighted by molar-refractivity contribution is 0.258. The van der Waals surface area contributed by atoms with E-state index in [1.54, 1.807) is 6.07 Å². The highest BCUT2D eigenvalue weighted by atomic mass is 19.2. The van der Waals surface area contributed by atoms with Crippen molar-refractivity contribution < 1.29 is 13.2 Å². The van der Waals surface area contributed by atoms with E-state index in [2.05, 4.69) is 13.0 Å². The predicted molar refractivity (Wildman–Crippen MR) is 113 cm³/mol. The first-order valence-electron chi connectivity index (χ1n) is 11.0. The first-order valence-corrected chi connectivity index (χ1v) is 11.0. The largest absolute Gasteiger partial charge is 0.206 e. The van der Waals surface area contributed by atoms with Gasteiger partial charge in [-0.25, -0.2) is 13.2 Å². The van der Waals surface area contributed by atoms with Gasteiger partial charge in [-0.3, -0.25) is 0 Å². The van der Waals surface area contributed by atoms with E-state index in [4.69, 9.17) is 0 Å². The molecule has 0 saturated heterocycles. The van der Waals surface area contributed by atoms with Gasteiger partial charge in [0.1, 0.15) is 5.82 Å². The van der Waals surface area contributed by atoms with Crippen LogP contribution in [0.2, 0.25) is 0 Å². The van der Waals surface area contributed by atoms with E-state index in [-0.39, 0.29) is 5.82 Å². The van der Waals surface area contributed by atoms with Crippen LogP contribution in [0.25, 0.3) is 17.2 Å². The van der Waals surface area contributed by atoms with Crippen molar-refractivity contribution in [3.05, 3.63) is 64.5 Å². The molecular weight excluding hydrogens is 369 g/mol. The standard InChI is InChI=1S/C26H29F3/c1-2-17-3-5-18(6-4-17)7-8-19-9-12-22-20(15-19)10-13-23(26(22)29)21-11-14-24(27)25(28)16-21/h10-11,13-18H,2-9,12H2,1H3. The van der Waals surface area contributed by atoms with Gasteiger partial charge in [-0.2, -0.15) is 0 Å². The quantitative estimate of drug-likeness (QED) is 0.477. The molecule has 0 aromatic heterocycles. The van der Waals surface area contributed by atoms with Gasteiger partial charge >= 0.3 is 0 Å². The van der Waals surface area contributed by atoms with Crippen LogP contribution >= 0.6 is 0 Å². The van der Waals surface area contributed by atoms with Gasteiger partial charge in [0.15, 0.2) is 11.6 Å². The Balaban J connectivity index is 1.46. The SMILES string of the molecule is CCC1CCC(CCC2=Cc3ccc(-c4ccc(F)c(F)c4)c(F)c3CC2)CC1. The number of allylic oxidation sites excluding steroid dienone is 1. The minimum atomic E-state index is -0.949. The van der Waals surface area contributed by atoms with E-state index in [9.17, 15) is 8.78 Å². The van der Waals surface area contributed by atoms with Gasteiger partial charge in [0.2, 0.25) is 0 Å². The summed E-state index contributed by atoms with van der Waals surface area (Å²) in [6.45, 7) is 2.30. The average Bonchev–Trinajstić information content (AvgIpc) is 2.75. The second kappa shape index (κ2) is 8.77. The minimum Gasteiger partial charge on any atom is -0.206 e. The van der Waals surface area contributed by atoms with Crippen LogP contribution in [0.4, 0.5) is 13.2 Å². The highest BCUT2D eigenvalue weighted by molar-refractivity contribution is 5.70. The minimum absolute atomic E-state index is 0.304. The summed E-state index contributed by atoms with van der Waals surface area (Å²) < 4.78 is 41.9. The molecule has 0 aliphatic heterocycles. The summed E-state index contributed by atoms with van der Waals surface area (Å²) in [6, 6.07) is 7.15. The van der Waals surface area contributed by atoms with Crippen molar-refractivity contribution >= 4 is 6.08 Å². The van der Waals surface area contributed by atoms with Gasteiger partial charge in [-0.15, -0.1) is 0 Å². The van der Waals surface area contributed by atoms with E-state index in [1.807, 2.05) is 6.07 Å². The Hall–Kier alpha value is -2.03. The number of fused-ring (bicyclic) bond motifs is 1. The second-order valence-electron chi connectivity index (χ2n) is 8.76. The summed E-state index contributed by atoms with van der Waals surface area (Å²) in [7, 11) is 0. The molecule has 4 rings (SSSR count). The fraction of sp³-hybridized carbons (Fsp3) is 0.462. The predicted octanol–water partition coefficient (Wildman–Crippen LogP) is 8.10. The highest BCUT2D eigenvalue weighted by Gasteiger charge is 2.22. The topological polar surface area (TPSA) is 0 Å². The summed E-state index contributed by atoms with van der Waals surface area (Å²) >= 11 is 0. The van der Waals surface area contributed by atoms with Crippen molar-refractivity contribution in [2.24, 2.45) is 11.8 Å². The average molecular weight is 399 g/mol. The maximum atomic E-state index is 15.1. The highest BCUT2D eigenvalue weighted by Crippen LogP contribution is 2.37. The van der Waals surface area contributed by atoms with Crippen molar-refractivity contribution in [1.29, 1.82) is 0 Å². The Bertz CT molecular complexity index is 904. The molecule has 0 atom stereocenters. The van der Waals surface area contributed by atoms with E-state index in [0.29, 0.717) is 23.1 Å². The van der Waals surface area contributed by atoms with Gasteiger partial charge in [0.25, 0.3) is 0 Å². The number of benzene rings is 2. The molecule has 0 unspecified atom stereocenters. The molecule has 0 nitrogen and oxygen atoms in total. The molecule has 2 aliphatic rings. The zero-order valence-electron chi connectivity index (χ0n) is 17.1. The molecule has 3 heteroatoms. The number of halogens is 3. The monoisotopic (exact) mass is 398 g/mol. The molecule has 154 valence electrons. The molecule has 0 N–H and O–H groups in total. The molecule has 0 spiro atoms. The molecule has 0 radical (unpaired) electrons. The third kappa shape index (κ3) is 4.44. The molecule has 0 amide bonds. The van der Waals surface area contributed by atoms with Gasteiger partial charge in [-0.05, 0) is 66.3 Å². The van der Waals surface area contributed by atoms with Gasteiger partial charge < -0.3 is 0 Å². The Morgan fingerprint density at radius 3 is 2.34 bits per heavy atom. The van der Waals surface area contributed by atoms with Crippen LogP contribution in [0.3, 0.4) is 0 Å². The zero-order chi connectivity index (χ0) is 20.4. The molecule has 0 heterocycles. The lowest BCUT2D eigenvalue weighted by Gasteiger charge is -2.28. The fourth-order valence-electron chi connectivity index (χ4n) is 5.00.